The molecule has 4 unspecified atom stereocenters. The van der Waals surface area contributed by atoms with Gasteiger partial charge in [0, 0.05) is 18.3 Å². The summed E-state index contributed by atoms with van der Waals surface area (Å²) in [5, 5.41) is 25.4. The first-order chi connectivity index (χ1) is 15.4. The van der Waals surface area contributed by atoms with Crippen LogP contribution in [-0.4, -0.2) is 80.6 Å². The highest BCUT2D eigenvalue weighted by Crippen LogP contribution is 2.08. The lowest BCUT2D eigenvalue weighted by Crippen LogP contribution is -2.58. The average Bonchev–Trinajstić information content (AvgIpc) is 3.23. The van der Waals surface area contributed by atoms with Gasteiger partial charge in [0.15, 0.2) is 0 Å². The van der Waals surface area contributed by atoms with Crippen LogP contribution in [0.5, 0.6) is 0 Å². The van der Waals surface area contributed by atoms with Gasteiger partial charge in [-0.05, 0) is 12.3 Å². The number of imidazole rings is 1. The van der Waals surface area contributed by atoms with Crippen LogP contribution in [0, 0.1) is 5.92 Å². The summed E-state index contributed by atoms with van der Waals surface area (Å²) >= 11 is 0. The van der Waals surface area contributed by atoms with E-state index in [9.17, 15) is 29.1 Å². The Balaban J connectivity index is 3.04. The number of hydrogen-bond acceptors (Lipinski definition) is 8. The number of hydrogen-bond donors (Lipinski definition) is 8. The van der Waals surface area contributed by atoms with Crippen molar-refractivity contribution in [1.82, 2.24) is 25.9 Å². The normalized spacial score (nSPS) is 14.6. The predicted octanol–water partition coefficient (Wildman–Crippen LogP) is -3.27. The van der Waals surface area contributed by atoms with Crippen molar-refractivity contribution in [3.63, 3.8) is 0 Å². The molecular weight excluding hydrogens is 438 g/mol. The largest absolute Gasteiger partial charge is 0.480 e. The zero-order chi connectivity index (χ0) is 25.1. The first-order valence-corrected chi connectivity index (χ1v) is 10.2. The van der Waals surface area contributed by atoms with Gasteiger partial charge in [0.25, 0.3) is 0 Å². The van der Waals surface area contributed by atoms with Crippen molar-refractivity contribution in [3.8, 4) is 0 Å². The predicted molar refractivity (Wildman–Crippen MR) is 114 cm³/mol. The van der Waals surface area contributed by atoms with E-state index >= 15 is 0 Å². The van der Waals surface area contributed by atoms with E-state index in [1.54, 1.807) is 13.8 Å². The maximum absolute atomic E-state index is 13.0. The molecule has 1 heterocycles. The van der Waals surface area contributed by atoms with E-state index in [1.165, 1.54) is 12.5 Å². The number of aliphatic hydroxyl groups excluding tert-OH is 1. The number of primary amides is 1. The van der Waals surface area contributed by atoms with Crippen LogP contribution in [0.15, 0.2) is 12.5 Å². The SMILES string of the molecule is CC(C)CC(NC(=O)C(Cc1cnc[nH]1)NC(=O)C(N)CO)C(=O)NC(CC(N)=O)C(=O)O. The smallest absolute Gasteiger partial charge is 0.326 e. The third-order valence-corrected chi connectivity index (χ3v) is 4.51. The van der Waals surface area contributed by atoms with E-state index in [0.29, 0.717) is 5.69 Å². The molecule has 4 atom stereocenters. The number of carboxylic acid groups (broad SMARTS) is 1. The molecule has 184 valence electrons. The van der Waals surface area contributed by atoms with Crippen LogP contribution in [0.3, 0.4) is 0 Å². The zero-order valence-corrected chi connectivity index (χ0v) is 18.4. The highest BCUT2D eigenvalue weighted by molar-refractivity contribution is 5.95. The highest BCUT2D eigenvalue weighted by Gasteiger charge is 2.31. The quantitative estimate of drug-likeness (QED) is 0.136. The van der Waals surface area contributed by atoms with Gasteiger partial charge in [-0.1, -0.05) is 13.8 Å². The molecule has 4 amide bonds. The summed E-state index contributed by atoms with van der Waals surface area (Å²) in [4.78, 5) is 66.9. The topological polar surface area (TPSA) is 243 Å². The molecule has 0 aromatic carbocycles. The first-order valence-electron chi connectivity index (χ1n) is 10.2. The summed E-state index contributed by atoms with van der Waals surface area (Å²) in [6, 6.07) is -5.18. The second-order valence-corrected chi connectivity index (χ2v) is 7.89. The van der Waals surface area contributed by atoms with Crippen LogP contribution in [0.2, 0.25) is 0 Å². The minimum absolute atomic E-state index is 0.0227. The van der Waals surface area contributed by atoms with E-state index in [-0.39, 0.29) is 18.8 Å². The Morgan fingerprint density at radius 2 is 1.61 bits per heavy atom. The molecule has 0 fully saturated rings. The maximum atomic E-state index is 13.0. The fourth-order valence-corrected chi connectivity index (χ4v) is 2.84. The van der Waals surface area contributed by atoms with Crippen molar-refractivity contribution in [2.75, 3.05) is 6.61 Å². The Morgan fingerprint density at radius 3 is 2.09 bits per heavy atom. The molecule has 0 saturated heterocycles. The van der Waals surface area contributed by atoms with Gasteiger partial charge in [-0.3, -0.25) is 19.2 Å². The summed E-state index contributed by atoms with van der Waals surface area (Å²) < 4.78 is 0. The molecule has 33 heavy (non-hydrogen) atoms. The van der Waals surface area contributed by atoms with E-state index in [2.05, 4.69) is 25.9 Å². The molecule has 14 nitrogen and oxygen atoms in total. The standard InChI is InChI=1S/C19H31N7O7/c1-9(2)3-12(17(30)26-14(19(32)33)5-15(21)28)25-18(31)13(4-10-6-22-8-23-10)24-16(29)11(20)7-27/h6,8-9,11-14,27H,3-5,7,20H2,1-2H3,(H2,21,28)(H,22,23)(H,24,29)(H,25,31)(H,26,30)(H,32,33). The van der Waals surface area contributed by atoms with Crippen LogP contribution in [-0.2, 0) is 30.4 Å². The van der Waals surface area contributed by atoms with Crippen LogP contribution >= 0.6 is 0 Å². The van der Waals surface area contributed by atoms with Crippen molar-refractivity contribution >= 4 is 29.6 Å². The average molecular weight is 469 g/mol. The van der Waals surface area contributed by atoms with E-state index in [4.69, 9.17) is 16.6 Å². The number of carbonyl (C=O) groups excluding carboxylic acids is 4. The van der Waals surface area contributed by atoms with Crippen molar-refractivity contribution < 1.29 is 34.2 Å². The Labute approximate surface area is 189 Å². The highest BCUT2D eigenvalue weighted by atomic mass is 16.4. The number of amides is 4. The number of nitrogens with zero attached hydrogens (tertiary/aromatic N) is 1. The number of aromatic nitrogens is 2. The number of aliphatic hydroxyl groups is 1. The van der Waals surface area contributed by atoms with Crippen LogP contribution < -0.4 is 27.4 Å². The van der Waals surface area contributed by atoms with Gasteiger partial charge in [-0.25, -0.2) is 9.78 Å². The molecule has 0 bridgehead atoms. The maximum Gasteiger partial charge on any atom is 0.326 e. The molecular formula is C19H31N7O7. The number of nitrogens with one attached hydrogen (secondary N) is 4. The number of H-pyrrole nitrogens is 1. The van der Waals surface area contributed by atoms with E-state index in [0.717, 1.165) is 0 Å². The second-order valence-electron chi connectivity index (χ2n) is 7.89. The Morgan fingerprint density at radius 1 is 1.03 bits per heavy atom. The third-order valence-electron chi connectivity index (χ3n) is 4.51. The van der Waals surface area contributed by atoms with Gasteiger partial charge in [-0.15, -0.1) is 0 Å². The summed E-state index contributed by atoms with van der Waals surface area (Å²) in [5.41, 5.74) is 11.0. The number of carbonyl (C=O) groups is 5. The van der Waals surface area contributed by atoms with Crippen LogP contribution in [0.25, 0.3) is 0 Å². The molecule has 1 aromatic rings. The Kier molecular flexibility index (Phi) is 10.9. The number of rotatable bonds is 14. The molecule has 1 aromatic heterocycles. The lowest BCUT2D eigenvalue weighted by molar-refractivity contribution is -0.144. The molecule has 0 spiro atoms. The number of aliphatic carboxylic acids is 1. The first kappa shape index (κ1) is 27.5. The lowest BCUT2D eigenvalue weighted by Gasteiger charge is -2.25. The van der Waals surface area contributed by atoms with E-state index < -0.39 is 66.8 Å². The van der Waals surface area contributed by atoms with E-state index in [1.807, 2.05) is 0 Å². The molecule has 0 aliphatic carbocycles. The third kappa shape index (κ3) is 9.65. The molecule has 10 N–H and O–H groups in total. The van der Waals surface area contributed by atoms with Crippen LogP contribution in [0.1, 0.15) is 32.4 Å². The van der Waals surface area contributed by atoms with Crippen molar-refractivity contribution in [3.05, 3.63) is 18.2 Å². The molecule has 0 saturated carbocycles. The van der Waals surface area contributed by atoms with Gasteiger partial charge >= 0.3 is 5.97 Å². The molecule has 0 radical (unpaired) electrons. The molecule has 0 aliphatic rings. The van der Waals surface area contributed by atoms with Gasteiger partial charge in [0.05, 0.1) is 19.4 Å². The van der Waals surface area contributed by atoms with Crippen molar-refractivity contribution in [2.24, 2.45) is 17.4 Å². The summed E-state index contributed by atoms with van der Waals surface area (Å²) in [6.45, 7) is 2.93. The Hall–Kier alpha value is -3.52. The van der Waals surface area contributed by atoms with Crippen molar-refractivity contribution in [1.29, 1.82) is 0 Å². The summed E-state index contributed by atoms with van der Waals surface area (Å²) in [5.74, 6) is -4.82. The monoisotopic (exact) mass is 469 g/mol. The van der Waals surface area contributed by atoms with Gasteiger partial charge < -0.3 is 42.6 Å². The molecule has 14 heteroatoms. The second kappa shape index (κ2) is 13.1. The Bertz CT molecular complexity index is 828. The molecule has 0 aliphatic heterocycles. The number of nitrogens with two attached hydrogens (primary N) is 2. The molecule has 1 rings (SSSR count). The summed E-state index contributed by atoms with van der Waals surface area (Å²) in [7, 11) is 0. The minimum atomic E-state index is -1.57. The van der Waals surface area contributed by atoms with Crippen molar-refractivity contribution in [2.45, 2.75) is 57.3 Å². The van der Waals surface area contributed by atoms with Crippen LogP contribution in [0.4, 0.5) is 0 Å². The lowest BCUT2D eigenvalue weighted by atomic mass is 10.0. The summed E-state index contributed by atoms with van der Waals surface area (Å²) in [6.07, 6.45) is 2.32. The minimum Gasteiger partial charge on any atom is -0.480 e. The number of carboxylic acids is 1. The zero-order valence-electron chi connectivity index (χ0n) is 18.4. The fourth-order valence-electron chi connectivity index (χ4n) is 2.84. The fraction of sp³-hybridized carbons (Fsp3) is 0.579. The van der Waals surface area contributed by atoms with Gasteiger partial charge in [-0.2, -0.15) is 0 Å². The number of aromatic amines is 1. The van der Waals surface area contributed by atoms with Gasteiger partial charge in [0.2, 0.25) is 23.6 Å². The van der Waals surface area contributed by atoms with Gasteiger partial charge in [0.1, 0.15) is 24.2 Å².